The van der Waals surface area contributed by atoms with E-state index in [1.807, 2.05) is 43.0 Å². The van der Waals surface area contributed by atoms with E-state index in [0.29, 0.717) is 37.4 Å². The summed E-state index contributed by atoms with van der Waals surface area (Å²) in [4.78, 5) is 49.6. The summed E-state index contributed by atoms with van der Waals surface area (Å²) in [6, 6.07) is 6.01. The largest absolute Gasteiger partial charge is 0.494 e. The highest BCUT2D eigenvalue weighted by atomic mass is 79.9. The first-order valence-electron chi connectivity index (χ1n) is 16.4. The van der Waals surface area contributed by atoms with Gasteiger partial charge in [0, 0.05) is 34.4 Å². The summed E-state index contributed by atoms with van der Waals surface area (Å²) in [5.41, 5.74) is 0.104. The number of carbonyl (C=O) groups is 3. The molecule has 8 nitrogen and oxygen atoms in total. The summed E-state index contributed by atoms with van der Waals surface area (Å²) >= 11 is 5.51. The number of fused-ring (bicyclic) bond motifs is 1. The third kappa shape index (κ3) is 6.55. The molecule has 1 N–H and O–H groups in total. The van der Waals surface area contributed by atoms with Crippen molar-refractivity contribution < 1.29 is 24.2 Å². The van der Waals surface area contributed by atoms with E-state index in [0.717, 1.165) is 6.42 Å². The van der Waals surface area contributed by atoms with Crippen LogP contribution in [0.2, 0.25) is 0 Å². The number of carbonyl (C=O) groups excluding carboxylic acids is 3. The smallest absolute Gasteiger partial charge is 0.247 e. The third-order valence-electron chi connectivity index (χ3n) is 9.63. The summed E-state index contributed by atoms with van der Waals surface area (Å²) in [5, 5.41) is 10.3. The Hall–Kier alpha value is -2.30. The second-order valence-electron chi connectivity index (χ2n) is 14.6. The van der Waals surface area contributed by atoms with E-state index in [2.05, 4.69) is 63.7 Å². The number of aliphatic hydroxyl groups is 1. The standard InChI is InChI=1S/C36H52BrN3O5S/c1-10-18-38(24-14-16-25(17-15-24)45-13-4)31(42)27-28-32(43)40(23(12-3)21-41)30(36(28)20-26(37)29(27)46-36)33(44)39(19-11-2)35(8,9)22-34(5,6)7/h10-11,14-17,23,26-30,41H,1-2,12-13,18-22H2,3-9H3/t23-,26?,27+,28-,29+,30?,36?/m0/s1. The number of anilines is 1. The molecule has 3 unspecified atom stereocenters. The van der Waals surface area contributed by atoms with Gasteiger partial charge in [-0.2, -0.15) is 0 Å². The van der Waals surface area contributed by atoms with E-state index < -0.39 is 34.2 Å². The zero-order valence-corrected chi connectivity index (χ0v) is 30.9. The van der Waals surface area contributed by atoms with Crippen molar-refractivity contribution in [1.82, 2.24) is 9.80 Å². The molecule has 1 aromatic rings. The molecule has 0 saturated carbocycles. The predicted octanol–water partition coefficient (Wildman–Crippen LogP) is 6.07. The van der Waals surface area contributed by atoms with Gasteiger partial charge in [-0.25, -0.2) is 0 Å². The summed E-state index contributed by atoms with van der Waals surface area (Å²) in [5.74, 6) is -1.18. The Morgan fingerprint density at radius 1 is 1.13 bits per heavy atom. The molecule has 10 heteroatoms. The van der Waals surface area contributed by atoms with Crippen LogP contribution in [-0.4, -0.2) is 91.4 Å². The van der Waals surface area contributed by atoms with Gasteiger partial charge in [-0.3, -0.25) is 14.4 Å². The van der Waals surface area contributed by atoms with Gasteiger partial charge < -0.3 is 24.5 Å². The van der Waals surface area contributed by atoms with Gasteiger partial charge in [0.05, 0.1) is 35.8 Å². The summed E-state index contributed by atoms with van der Waals surface area (Å²) in [6.07, 6.45) is 5.23. The number of nitrogens with zero attached hydrogens (tertiary/aromatic N) is 3. The predicted molar refractivity (Wildman–Crippen MR) is 190 cm³/mol. The molecule has 3 saturated heterocycles. The van der Waals surface area contributed by atoms with Crippen molar-refractivity contribution in [2.45, 2.75) is 100 Å². The summed E-state index contributed by atoms with van der Waals surface area (Å²) in [6.45, 7) is 23.2. The molecule has 3 fully saturated rings. The van der Waals surface area contributed by atoms with Gasteiger partial charge in [0.15, 0.2) is 0 Å². The highest BCUT2D eigenvalue weighted by molar-refractivity contribution is 9.09. The minimum atomic E-state index is -0.828. The van der Waals surface area contributed by atoms with E-state index in [4.69, 9.17) is 4.74 Å². The number of alkyl halides is 1. The quantitative estimate of drug-likeness (QED) is 0.186. The SMILES string of the molecule is C=CCN(C(=O)[C@H]1[C@@H]2SC3(CC2Br)C(C(=O)N(CC=C)C(C)(C)CC(C)(C)C)N([C@@H](CC)CO)C(=O)[C@H]13)c1ccc(OCC)cc1. The lowest BCUT2D eigenvalue weighted by molar-refractivity contribution is -0.149. The van der Waals surface area contributed by atoms with Crippen molar-refractivity contribution in [2.24, 2.45) is 17.3 Å². The maximum Gasteiger partial charge on any atom is 0.247 e. The van der Waals surface area contributed by atoms with Crippen LogP contribution in [0.4, 0.5) is 5.69 Å². The Kier molecular flexibility index (Phi) is 11.2. The number of ether oxygens (including phenoxy) is 1. The molecule has 3 aliphatic heterocycles. The summed E-state index contributed by atoms with van der Waals surface area (Å²) < 4.78 is 4.79. The molecule has 1 spiro atoms. The normalized spacial score (nSPS) is 27.7. The van der Waals surface area contributed by atoms with E-state index in [1.165, 1.54) is 0 Å². The second-order valence-corrected chi connectivity index (χ2v) is 17.3. The first-order chi connectivity index (χ1) is 21.6. The van der Waals surface area contributed by atoms with Gasteiger partial charge in [0.1, 0.15) is 11.8 Å². The molecular formula is C36H52BrN3O5S. The first kappa shape index (κ1) is 36.5. The van der Waals surface area contributed by atoms with Gasteiger partial charge in [-0.1, -0.05) is 55.8 Å². The van der Waals surface area contributed by atoms with Crippen molar-refractivity contribution in [3.05, 3.63) is 49.6 Å². The van der Waals surface area contributed by atoms with Crippen LogP contribution in [-0.2, 0) is 14.4 Å². The Balaban J connectivity index is 1.82. The fourth-order valence-corrected chi connectivity index (χ4v) is 11.8. The topological polar surface area (TPSA) is 90.4 Å². The lowest BCUT2D eigenvalue weighted by Gasteiger charge is -2.46. The lowest BCUT2D eigenvalue weighted by Crippen LogP contribution is -2.61. The first-order valence-corrected chi connectivity index (χ1v) is 18.2. The molecule has 0 aliphatic carbocycles. The van der Waals surface area contributed by atoms with Gasteiger partial charge in [0.25, 0.3) is 0 Å². The number of rotatable bonds is 14. The summed E-state index contributed by atoms with van der Waals surface area (Å²) in [7, 11) is 0. The molecule has 3 amide bonds. The molecule has 46 heavy (non-hydrogen) atoms. The van der Waals surface area contributed by atoms with Crippen molar-refractivity contribution in [1.29, 1.82) is 0 Å². The van der Waals surface area contributed by atoms with Crippen LogP contribution in [0.15, 0.2) is 49.6 Å². The highest BCUT2D eigenvalue weighted by Crippen LogP contribution is 2.68. The molecule has 3 aliphatic rings. The van der Waals surface area contributed by atoms with E-state index in [9.17, 15) is 14.7 Å². The minimum absolute atomic E-state index is 0.0548. The van der Waals surface area contributed by atoms with Crippen LogP contribution >= 0.6 is 27.7 Å². The molecule has 1 aromatic carbocycles. The van der Waals surface area contributed by atoms with Crippen LogP contribution in [0.25, 0.3) is 0 Å². The van der Waals surface area contributed by atoms with Crippen molar-refractivity contribution in [3.8, 4) is 5.75 Å². The van der Waals surface area contributed by atoms with E-state index >= 15 is 4.79 Å². The van der Waals surface area contributed by atoms with Crippen LogP contribution in [0, 0.1) is 17.3 Å². The van der Waals surface area contributed by atoms with E-state index in [-0.39, 0.29) is 46.4 Å². The second kappa shape index (κ2) is 14.0. The Labute approximate surface area is 288 Å². The number of likely N-dealkylation sites (tertiary alicyclic amines) is 1. The molecule has 2 bridgehead atoms. The molecule has 7 atom stereocenters. The van der Waals surface area contributed by atoms with Crippen LogP contribution < -0.4 is 9.64 Å². The number of hydrogen-bond donors (Lipinski definition) is 1. The third-order valence-corrected chi connectivity index (χ3v) is 12.8. The van der Waals surface area contributed by atoms with Gasteiger partial charge in [0.2, 0.25) is 17.7 Å². The van der Waals surface area contributed by atoms with E-state index in [1.54, 1.807) is 33.7 Å². The fraction of sp³-hybridized carbons (Fsp3) is 0.639. The molecule has 0 aromatic heterocycles. The van der Waals surface area contributed by atoms with Gasteiger partial charge in [-0.15, -0.1) is 24.9 Å². The fourth-order valence-electron chi connectivity index (χ4n) is 8.26. The highest BCUT2D eigenvalue weighted by Gasteiger charge is 2.76. The van der Waals surface area contributed by atoms with Crippen molar-refractivity contribution >= 4 is 51.1 Å². The number of amides is 3. The van der Waals surface area contributed by atoms with Crippen LogP contribution in [0.3, 0.4) is 0 Å². The van der Waals surface area contributed by atoms with Crippen molar-refractivity contribution in [3.63, 3.8) is 0 Å². The number of aliphatic hydroxyl groups excluding tert-OH is 1. The van der Waals surface area contributed by atoms with Crippen molar-refractivity contribution in [2.75, 3.05) is 31.2 Å². The molecule has 0 radical (unpaired) electrons. The Bertz CT molecular complexity index is 1310. The molecular weight excluding hydrogens is 666 g/mol. The number of halogens is 1. The maximum atomic E-state index is 15.1. The zero-order chi connectivity index (χ0) is 34.2. The van der Waals surface area contributed by atoms with Crippen LogP contribution in [0.1, 0.15) is 67.7 Å². The monoisotopic (exact) mass is 717 g/mol. The Morgan fingerprint density at radius 2 is 1.76 bits per heavy atom. The lowest BCUT2D eigenvalue weighted by atomic mass is 9.70. The minimum Gasteiger partial charge on any atom is -0.494 e. The maximum absolute atomic E-state index is 15.1. The molecule has 4 rings (SSSR count). The average Bonchev–Trinajstić information content (AvgIpc) is 3.57. The molecule has 3 heterocycles. The van der Waals surface area contributed by atoms with Gasteiger partial charge in [-0.05, 0) is 69.7 Å². The average molecular weight is 719 g/mol. The molecule has 254 valence electrons. The number of thioether (sulfide) groups is 1. The van der Waals surface area contributed by atoms with Gasteiger partial charge >= 0.3 is 0 Å². The Morgan fingerprint density at radius 3 is 2.28 bits per heavy atom. The number of hydrogen-bond acceptors (Lipinski definition) is 6. The van der Waals surface area contributed by atoms with Crippen LogP contribution in [0.5, 0.6) is 5.75 Å². The number of benzene rings is 1. The zero-order valence-electron chi connectivity index (χ0n) is 28.5.